The number of nitrogens with one attached hydrogen (secondary N) is 1. The van der Waals surface area contributed by atoms with Crippen LogP contribution in [0.25, 0.3) is 0 Å². The van der Waals surface area contributed by atoms with Gasteiger partial charge in [-0.1, -0.05) is 6.07 Å². The lowest BCUT2D eigenvalue weighted by atomic mass is 9.93. The highest BCUT2D eigenvalue weighted by atomic mass is 79.9. The molecule has 1 aliphatic rings. The van der Waals surface area contributed by atoms with E-state index in [-0.39, 0.29) is 24.2 Å². The molecule has 0 amide bonds. The van der Waals surface area contributed by atoms with Crippen LogP contribution in [-0.2, 0) is 12.2 Å². The van der Waals surface area contributed by atoms with Crippen LogP contribution in [0.15, 0.2) is 57.4 Å². The summed E-state index contributed by atoms with van der Waals surface area (Å²) in [6.07, 6.45) is 2.52. The summed E-state index contributed by atoms with van der Waals surface area (Å²) in [6.45, 7) is 9.08. The predicted molar refractivity (Wildman–Crippen MR) is 139 cm³/mol. The van der Waals surface area contributed by atoms with Gasteiger partial charge in [-0.05, 0) is 98.6 Å². The number of allylic oxidation sites excluding steroid dienone is 1. The van der Waals surface area contributed by atoms with E-state index in [4.69, 9.17) is 4.74 Å². The molecule has 4 rings (SSSR count). The molecule has 0 bridgehead atoms. The van der Waals surface area contributed by atoms with Crippen LogP contribution >= 0.6 is 15.9 Å². The van der Waals surface area contributed by atoms with E-state index in [2.05, 4.69) is 31.2 Å². The molecule has 0 saturated carbocycles. The lowest BCUT2D eigenvalue weighted by Crippen LogP contribution is -2.35. The second-order valence-electron chi connectivity index (χ2n) is 9.75. The van der Waals surface area contributed by atoms with E-state index in [1.54, 1.807) is 43.5 Å². The molecule has 36 heavy (non-hydrogen) atoms. The molecule has 0 unspecified atom stereocenters. The third-order valence-corrected chi connectivity index (χ3v) is 7.00. The summed E-state index contributed by atoms with van der Waals surface area (Å²) < 4.78 is 21.5. The zero-order chi connectivity index (χ0) is 26.2. The van der Waals surface area contributed by atoms with Gasteiger partial charge in [-0.2, -0.15) is 4.39 Å². The molecule has 0 saturated heterocycles. The van der Waals surface area contributed by atoms with Gasteiger partial charge in [-0.3, -0.25) is 9.78 Å². The maximum Gasteiger partial charge on any atom is 0.269 e. The van der Waals surface area contributed by atoms with Gasteiger partial charge in [0.05, 0.1) is 29.2 Å². The molecule has 2 N–H and O–H groups in total. The first-order chi connectivity index (χ1) is 16.9. The summed E-state index contributed by atoms with van der Waals surface area (Å²) in [4.78, 5) is 22.0. The third-order valence-electron chi connectivity index (χ3n) is 6.27. The Kier molecular flexibility index (Phi) is 7.33. The average Bonchev–Trinajstić information content (AvgIpc) is 2.80. The molecule has 0 spiro atoms. The van der Waals surface area contributed by atoms with Gasteiger partial charge in [-0.15, -0.1) is 0 Å². The topological polar surface area (TPSA) is 89.3 Å². The van der Waals surface area contributed by atoms with Crippen LogP contribution < -0.4 is 15.6 Å². The minimum absolute atomic E-state index is 0.0393. The molecule has 9 heteroatoms. The van der Waals surface area contributed by atoms with Crippen LogP contribution in [0.4, 0.5) is 4.39 Å². The van der Waals surface area contributed by atoms with Gasteiger partial charge >= 0.3 is 0 Å². The van der Waals surface area contributed by atoms with Crippen LogP contribution in [-0.4, -0.2) is 19.6 Å². The lowest BCUT2D eigenvalue weighted by molar-refractivity contribution is 0.0735. The number of rotatable bonds is 6. The first-order valence-electron chi connectivity index (χ1n) is 11.7. The Morgan fingerprint density at radius 3 is 2.67 bits per heavy atom. The predicted octanol–water partition coefficient (Wildman–Crippen LogP) is 5.14. The number of ether oxygens (including phenoxy) is 1. The molecule has 7 nitrogen and oxygen atoms in total. The average molecular weight is 557 g/mol. The summed E-state index contributed by atoms with van der Waals surface area (Å²) in [6, 6.07) is 10.2. The number of hydrogen-bond donors (Lipinski definition) is 2. The molecule has 190 valence electrons. The monoisotopic (exact) mass is 556 g/mol. The van der Waals surface area contributed by atoms with Gasteiger partial charge in [-0.25, -0.2) is 4.98 Å². The Hall–Kier alpha value is -3.04. The molecule has 0 fully saturated rings. The standard InChI is InChI=1S/C27H30BrFN4O3/c1-15-9-18(31-24(29)10-15)14-36-22-11-17(3)33(26(34)25(22)28)21-12-20(30-13-16(21)2)19-7-6-8-23(32-19)27(4,5)35/h6-11,13,20-21,30,35H,12,14H2,1-5H3/t20-,21-/m1/s1. The van der Waals surface area contributed by atoms with Crippen molar-refractivity contribution in [1.82, 2.24) is 19.9 Å². The Labute approximate surface area is 218 Å². The maximum absolute atomic E-state index is 13.6. The van der Waals surface area contributed by atoms with Gasteiger partial charge in [0.25, 0.3) is 5.56 Å². The van der Waals surface area contributed by atoms with Gasteiger partial charge in [0.1, 0.15) is 22.4 Å². The van der Waals surface area contributed by atoms with E-state index in [1.807, 2.05) is 32.2 Å². The normalized spacial score (nSPS) is 17.9. The summed E-state index contributed by atoms with van der Waals surface area (Å²) >= 11 is 3.42. The summed E-state index contributed by atoms with van der Waals surface area (Å²) in [7, 11) is 0. The van der Waals surface area contributed by atoms with E-state index in [1.165, 1.54) is 6.07 Å². The molecule has 4 heterocycles. The Morgan fingerprint density at radius 1 is 1.22 bits per heavy atom. The minimum Gasteiger partial charge on any atom is -0.486 e. The smallest absolute Gasteiger partial charge is 0.269 e. The molecule has 0 radical (unpaired) electrons. The molecule has 3 aromatic rings. The lowest BCUT2D eigenvalue weighted by Gasteiger charge is -2.32. The second kappa shape index (κ2) is 10.1. The highest BCUT2D eigenvalue weighted by Crippen LogP contribution is 2.35. The van der Waals surface area contributed by atoms with Crippen molar-refractivity contribution in [2.45, 2.75) is 65.3 Å². The van der Waals surface area contributed by atoms with E-state index >= 15 is 0 Å². The minimum atomic E-state index is -1.05. The fraction of sp³-hybridized carbons (Fsp3) is 0.370. The first kappa shape index (κ1) is 26.0. The van der Waals surface area contributed by atoms with E-state index in [9.17, 15) is 14.3 Å². The number of aryl methyl sites for hydroxylation is 2. The number of aliphatic hydroxyl groups is 1. The SMILES string of the molecule is CC1=CN[C@@H](c2cccc(C(C)(C)O)n2)C[C@H]1n1c(C)cc(OCc2cc(C)cc(F)n2)c(Br)c1=O. The number of halogens is 2. The quantitative estimate of drug-likeness (QED) is 0.408. The van der Waals surface area contributed by atoms with Gasteiger partial charge in [0, 0.05) is 11.8 Å². The van der Waals surface area contributed by atoms with Gasteiger partial charge in [0.2, 0.25) is 5.95 Å². The molecule has 0 aromatic carbocycles. The van der Waals surface area contributed by atoms with E-state index < -0.39 is 11.5 Å². The van der Waals surface area contributed by atoms with Crippen molar-refractivity contribution in [2.24, 2.45) is 0 Å². The van der Waals surface area contributed by atoms with Crippen molar-refractivity contribution in [3.63, 3.8) is 0 Å². The van der Waals surface area contributed by atoms with Crippen LogP contribution in [0.3, 0.4) is 0 Å². The fourth-order valence-electron chi connectivity index (χ4n) is 4.41. The zero-order valence-electron chi connectivity index (χ0n) is 21.0. The summed E-state index contributed by atoms with van der Waals surface area (Å²) in [5, 5.41) is 13.8. The van der Waals surface area contributed by atoms with Gasteiger partial charge in [0.15, 0.2) is 0 Å². The highest BCUT2D eigenvalue weighted by Gasteiger charge is 2.29. The Balaban J connectivity index is 1.61. The fourth-order valence-corrected chi connectivity index (χ4v) is 4.83. The Morgan fingerprint density at radius 2 is 1.97 bits per heavy atom. The van der Waals surface area contributed by atoms with E-state index in [0.29, 0.717) is 28.0 Å². The molecule has 0 aliphatic carbocycles. The van der Waals surface area contributed by atoms with Crippen LogP contribution in [0.5, 0.6) is 5.75 Å². The maximum atomic E-state index is 13.6. The van der Waals surface area contributed by atoms with Crippen LogP contribution in [0.1, 0.15) is 67.6 Å². The van der Waals surface area contributed by atoms with Crippen molar-refractivity contribution in [3.8, 4) is 5.75 Å². The molecular formula is C27H30BrFN4O3. The number of pyridine rings is 3. The molecule has 2 atom stereocenters. The Bertz CT molecular complexity index is 1360. The first-order valence-corrected chi connectivity index (χ1v) is 12.5. The second-order valence-corrected chi connectivity index (χ2v) is 10.5. The van der Waals surface area contributed by atoms with Crippen molar-refractivity contribution < 1.29 is 14.2 Å². The molecule has 1 aliphatic heterocycles. The zero-order valence-corrected chi connectivity index (χ0v) is 22.6. The highest BCUT2D eigenvalue weighted by molar-refractivity contribution is 9.10. The largest absolute Gasteiger partial charge is 0.486 e. The summed E-state index contributed by atoms with van der Waals surface area (Å²) in [5.41, 5.74) is 3.05. The summed E-state index contributed by atoms with van der Waals surface area (Å²) in [5.74, 6) is -0.186. The van der Waals surface area contributed by atoms with Crippen LogP contribution in [0, 0.1) is 19.8 Å². The van der Waals surface area contributed by atoms with Crippen molar-refractivity contribution >= 4 is 15.9 Å². The van der Waals surface area contributed by atoms with E-state index in [0.717, 1.165) is 22.5 Å². The van der Waals surface area contributed by atoms with Gasteiger partial charge < -0.3 is 19.7 Å². The van der Waals surface area contributed by atoms with Crippen molar-refractivity contribution in [2.75, 3.05) is 0 Å². The molecular weight excluding hydrogens is 527 g/mol. The number of aromatic nitrogens is 3. The third kappa shape index (κ3) is 5.52. The number of nitrogens with zero attached hydrogens (tertiary/aromatic N) is 3. The van der Waals surface area contributed by atoms with Crippen molar-refractivity contribution in [1.29, 1.82) is 0 Å². The number of hydrogen-bond acceptors (Lipinski definition) is 6. The molecule has 3 aromatic heterocycles. The van der Waals surface area contributed by atoms with Crippen molar-refractivity contribution in [3.05, 3.63) is 97.3 Å². The van der Waals surface area contributed by atoms with Crippen LogP contribution in [0.2, 0.25) is 0 Å².